The first-order chi connectivity index (χ1) is 22.0. The van der Waals surface area contributed by atoms with E-state index >= 15 is 0 Å². The van der Waals surface area contributed by atoms with E-state index in [1.165, 1.54) is 41.6 Å². The zero-order chi connectivity index (χ0) is 33.0. The van der Waals surface area contributed by atoms with Gasteiger partial charge in [0.25, 0.3) is 11.1 Å². The number of benzene rings is 2. The number of carbonyl (C=O) groups is 3. The van der Waals surface area contributed by atoms with E-state index in [0.717, 1.165) is 35.1 Å². The van der Waals surface area contributed by atoms with Gasteiger partial charge in [-0.3, -0.25) is 24.3 Å². The maximum absolute atomic E-state index is 14.8. The predicted octanol–water partition coefficient (Wildman–Crippen LogP) is 4.16. The van der Waals surface area contributed by atoms with E-state index in [9.17, 15) is 33.4 Å². The van der Waals surface area contributed by atoms with Crippen molar-refractivity contribution in [3.63, 3.8) is 0 Å². The topological polar surface area (TPSA) is 132 Å². The fourth-order valence-electron chi connectivity index (χ4n) is 5.62. The highest BCUT2D eigenvalue weighted by molar-refractivity contribution is 8.18. The van der Waals surface area contributed by atoms with Crippen molar-refractivity contribution in [3.8, 4) is 5.75 Å². The molecule has 0 saturated carbocycles. The van der Waals surface area contributed by atoms with Crippen molar-refractivity contribution in [1.82, 2.24) is 29.5 Å². The van der Waals surface area contributed by atoms with E-state index in [1.807, 2.05) is 9.80 Å². The van der Waals surface area contributed by atoms with Gasteiger partial charge < -0.3 is 15.0 Å². The summed E-state index contributed by atoms with van der Waals surface area (Å²) < 4.78 is 29.8. The van der Waals surface area contributed by atoms with E-state index in [4.69, 9.17) is 23.2 Å². The summed E-state index contributed by atoms with van der Waals surface area (Å²) in [6.07, 6.45) is 5.68. The van der Waals surface area contributed by atoms with Crippen molar-refractivity contribution in [2.75, 3.05) is 39.3 Å². The van der Waals surface area contributed by atoms with Gasteiger partial charge in [0.05, 0.1) is 22.5 Å². The van der Waals surface area contributed by atoms with E-state index in [0.29, 0.717) is 39.0 Å². The summed E-state index contributed by atoms with van der Waals surface area (Å²) in [5.74, 6) is -2.40. The van der Waals surface area contributed by atoms with Crippen molar-refractivity contribution >= 4 is 58.5 Å². The van der Waals surface area contributed by atoms with Gasteiger partial charge in [0.1, 0.15) is 41.9 Å². The number of nitrogens with zero attached hydrogens (tertiary/aromatic N) is 6. The zero-order valence-electron chi connectivity index (χ0n) is 24.4. The maximum Gasteiger partial charge on any atom is 0.293 e. The lowest BCUT2D eigenvalue weighted by Crippen LogP contribution is -2.54. The van der Waals surface area contributed by atoms with Gasteiger partial charge in [-0.2, -0.15) is 5.10 Å². The van der Waals surface area contributed by atoms with Crippen LogP contribution < -0.4 is 0 Å². The third-order valence-electron chi connectivity index (χ3n) is 7.94. The van der Waals surface area contributed by atoms with Crippen LogP contribution in [0.4, 0.5) is 13.6 Å². The second-order valence-electron chi connectivity index (χ2n) is 11.1. The van der Waals surface area contributed by atoms with Gasteiger partial charge in [-0.05, 0) is 48.9 Å². The number of amides is 2. The number of thioether (sulfide) groups is 1. The molecule has 2 aliphatic rings. The number of β-amino-alcohol motifs (C(OH)–C–C–N with tert-alkyl or cyclic N) is 1. The molecule has 0 aliphatic carbocycles. The van der Waals surface area contributed by atoms with Crippen molar-refractivity contribution in [3.05, 3.63) is 80.7 Å². The molecule has 2 aliphatic heterocycles. The first-order valence-corrected chi connectivity index (χ1v) is 15.9. The number of imide groups is 1. The van der Waals surface area contributed by atoms with Crippen LogP contribution >= 0.6 is 35.0 Å². The van der Waals surface area contributed by atoms with Crippen molar-refractivity contribution in [1.29, 1.82) is 0 Å². The molecule has 0 bridgehead atoms. The van der Waals surface area contributed by atoms with Crippen LogP contribution in [0.3, 0.4) is 0 Å². The van der Waals surface area contributed by atoms with E-state index < -0.39 is 34.4 Å². The average Bonchev–Trinajstić information content (AvgIpc) is 3.61. The average molecular weight is 696 g/mol. The summed E-state index contributed by atoms with van der Waals surface area (Å²) in [6, 6.07) is 5.38. The summed E-state index contributed by atoms with van der Waals surface area (Å²) in [5.41, 5.74) is -1.59. The van der Waals surface area contributed by atoms with Gasteiger partial charge >= 0.3 is 0 Å². The number of hydrogen-bond acceptors (Lipinski definition) is 10. The summed E-state index contributed by atoms with van der Waals surface area (Å²) in [4.78, 5) is 46.6. The van der Waals surface area contributed by atoms with Crippen LogP contribution in [0.25, 0.3) is 6.08 Å². The van der Waals surface area contributed by atoms with Crippen LogP contribution in [-0.2, 0) is 21.7 Å². The molecule has 0 radical (unpaired) electrons. The number of phenolic OH excluding ortho intramolecular Hbond substituents is 1. The van der Waals surface area contributed by atoms with E-state index in [-0.39, 0.29) is 51.5 Å². The lowest BCUT2D eigenvalue weighted by atomic mass is 9.92. The second kappa shape index (κ2) is 14.6. The molecule has 2 amide bonds. The molecule has 2 N–H and O–H groups in total. The van der Waals surface area contributed by atoms with E-state index in [1.54, 1.807) is 0 Å². The lowest BCUT2D eigenvalue weighted by Gasteiger charge is -2.41. The Balaban J connectivity index is 1.16. The fourth-order valence-corrected chi connectivity index (χ4v) is 6.98. The van der Waals surface area contributed by atoms with Crippen molar-refractivity contribution in [2.24, 2.45) is 0 Å². The summed E-state index contributed by atoms with van der Waals surface area (Å²) in [7, 11) is 0. The minimum absolute atomic E-state index is 0.0166. The number of halogens is 4. The summed E-state index contributed by atoms with van der Waals surface area (Å²) >= 11 is 12.7. The highest BCUT2D eigenvalue weighted by Gasteiger charge is 2.38. The van der Waals surface area contributed by atoms with Crippen LogP contribution in [0.1, 0.15) is 24.0 Å². The van der Waals surface area contributed by atoms with Crippen LogP contribution in [0.2, 0.25) is 10.0 Å². The molecule has 3 heterocycles. The Kier molecular flexibility index (Phi) is 10.8. The molecule has 16 heteroatoms. The molecule has 2 aromatic carbocycles. The van der Waals surface area contributed by atoms with Crippen LogP contribution in [-0.4, -0.2) is 102 Å². The Bertz CT molecular complexity index is 1640. The Hall–Kier alpha value is -3.40. The standard InChI is InChI=1S/C30H30Cl2F2N6O5S/c31-20-10-19(27(42)24(32)12-20)11-26-28(43)40(29(44)46-26)5-1-2-22(14-41)38-8-6-37(7-9-38)15-30(45,16-39-18-35-17-36-39)23-4-3-21(33)13-25(23)34/h3-4,10-14,17-18,22,42,45H,1-2,5-9,15-16H2. The smallest absolute Gasteiger partial charge is 0.293 e. The molecule has 244 valence electrons. The molecule has 11 nitrogen and oxygen atoms in total. The molecular weight excluding hydrogens is 665 g/mol. The number of aromatic hydroxyl groups is 1. The Morgan fingerprint density at radius 3 is 2.52 bits per heavy atom. The fraction of sp³-hybridized carbons (Fsp3) is 0.367. The monoisotopic (exact) mass is 694 g/mol. The highest BCUT2D eigenvalue weighted by atomic mass is 35.5. The first-order valence-electron chi connectivity index (χ1n) is 14.3. The van der Waals surface area contributed by atoms with Gasteiger partial charge in [0.15, 0.2) is 0 Å². The molecule has 2 fully saturated rings. The molecule has 5 rings (SSSR count). The minimum Gasteiger partial charge on any atom is -0.506 e. The normalized spacial score (nSPS) is 19.2. The number of rotatable bonds is 12. The number of aldehydes is 1. The second-order valence-corrected chi connectivity index (χ2v) is 12.9. The largest absolute Gasteiger partial charge is 0.506 e. The third kappa shape index (κ3) is 7.76. The number of carbonyl (C=O) groups excluding carboxylic acids is 3. The van der Waals surface area contributed by atoms with Crippen molar-refractivity contribution < 1.29 is 33.4 Å². The Labute approximate surface area is 277 Å². The number of aliphatic hydroxyl groups is 1. The Morgan fingerprint density at radius 2 is 1.85 bits per heavy atom. The Morgan fingerprint density at radius 1 is 1.09 bits per heavy atom. The SMILES string of the molecule is O=CC(CCCN1C(=O)SC(=Cc2cc(Cl)cc(Cl)c2O)C1=O)N1CCN(CC(O)(Cn2cncn2)c2ccc(F)cc2F)CC1. The lowest BCUT2D eigenvalue weighted by molar-refractivity contribution is -0.122. The third-order valence-corrected chi connectivity index (χ3v) is 9.35. The van der Waals surface area contributed by atoms with Gasteiger partial charge in [-0.15, -0.1) is 0 Å². The van der Waals surface area contributed by atoms with Gasteiger partial charge in [-0.1, -0.05) is 29.3 Å². The van der Waals surface area contributed by atoms with Gasteiger partial charge in [0.2, 0.25) is 0 Å². The number of piperazine rings is 1. The molecule has 3 aromatic rings. The van der Waals surface area contributed by atoms with Crippen molar-refractivity contribution in [2.45, 2.75) is 31.0 Å². The molecule has 1 aromatic heterocycles. The van der Waals surface area contributed by atoms with Crippen LogP contribution in [0.5, 0.6) is 5.75 Å². The van der Waals surface area contributed by atoms with E-state index in [2.05, 4.69) is 10.1 Å². The molecule has 46 heavy (non-hydrogen) atoms. The summed E-state index contributed by atoms with van der Waals surface area (Å²) in [6.45, 7) is 1.90. The number of hydrogen-bond donors (Lipinski definition) is 2. The molecule has 2 unspecified atom stereocenters. The molecule has 2 atom stereocenters. The minimum atomic E-state index is -1.74. The zero-order valence-corrected chi connectivity index (χ0v) is 26.7. The quantitative estimate of drug-likeness (QED) is 0.210. The molecule has 2 saturated heterocycles. The predicted molar refractivity (Wildman–Crippen MR) is 168 cm³/mol. The maximum atomic E-state index is 14.8. The van der Waals surface area contributed by atoms with Crippen LogP contribution in [0, 0.1) is 11.6 Å². The molecular formula is C30H30Cl2F2N6O5S. The number of phenols is 1. The summed E-state index contributed by atoms with van der Waals surface area (Å²) in [5, 5.41) is 25.7. The van der Waals surface area contributed by atoms with Crippen LogP contribution in [0.15, 0.2) is 47.9 Å². The van der Waals surface area contributed by atoms with Gasteiger partial charge in [0, 0.05) is 61.5 Å². The highest BCUT2D eigenvalue weighted by Crippen LogP contribution is 2.37. The van der Waals surface area contributed by atoms with Gasteiger partial charge in [-0.25, -0.2) is 18.4 Å². The first kappa shape index (κ1) is 33.9. The number of aromatic nitrogens is 3. The molecule has 0 spiro atoms.